The molecule has 0 amide bonds. The maximum Gasteiger partial charge on any atom is 0.0387 e. The Morgan fingerprint density at radius 1 is 1.50 bits per heavy atom. The molecular formula is C6H12FN. The molecule has 0 atom stereocenters. The van der Waals surface area contributed by atoms with Crippen LogP contribution in [0.4, 0.5) is 4.48 Å². The lowest BCUT2D eigenvalue weighted by atomic mass is 10.8. The van der Waals surface area contributed by atoms with Crippen molar-refractivity contribution in [3.63, 3.8) is 0 Å². The number of hydrogen-bond donors (Lipinski definition) is 0. The van der Waals surface area contributed by atoms with Gasteiger partial charge in [0.05, 0.1) is 0 Å². The van der Waals surface area contributed by atoms with Gasteiger partial charge in [-0.05, 0) is 6.92 Å². The molecule has 0 bridgehead atoms. The van der Waals surface area contributed by atoms with Crippen molar-refractivity contribution in [2.75, 3.05) is 7.05 Å². The van der Waals surface area contributed by atoms with Crippen molar-refractivity contribution >= 4 is 0 Å². The molecule has 0 fully saturated rings. The quantitative estimate of drug-likeness (QED) is 0.375. The molecule has 0 aromatic rings. The molecule has 0 aliphatic heterocycles. The number of halogens is 1. The highest BCUT2D eigenvalue weighted by molar-refractivity contribution is 4.54. The third-order valence-corrected chi connectivity index (χ3v) is 0.252. The summed E-state index contributed by atoms with van der Waals surface area (Å²) in [6.45, 7) is 8.36. The van der Waals surface area contributed by atoms with E-state index in [0.29, 0.717) is 5.12 Å². The third kappa shape index (κ3) is 63.1. The van der Waals surface area contributed by atoms with E-state index in [2.05, 4.69) is 13.2 Å². The predicted octanol–water partition coefficient (Wildman–Crippen LogP) is 2.14. The molecule has 0 unspecified atom stereocenters. The fourth-order valence-corrected chi connectivity index (χ4v) is 0. The molecular weight excluding hydrogens is 105 g/mol. The molecule has 0 rings (SSSR count). The Labute approximate surface area is 50.1 Å². The average Bonchev–Trinajstić information content (AvgIpc) is 1.69. The molecule has 2 heteroatoms. The second-order valence-corrected chi connectivity index (χ2v) is 1.12. The van der Waals surface area contributed by atoms with Crippen LogP contribution in [0.25, 0.3) is 0 Å². The van der Waals surface area contributed by atoms with Gasteiger partial charge in [0.15, 0.2) is 0 Å². The van der Waals surface area contributed by atoms with Crippen LogP contribution >= 0.6 is 0 Å². The van der Waals surface area contributed by atoms with E-state index in [0.717, 1.165) is 6.20 Å². The van der Waals surface area contributed by atoms with E-state index in [1.807, 2.05) is 6.92 Å². The molecule has 0 radical (unpaired) electrons. The molecule has 0 aliphatic rings. The van der Waals surface area contributed by atoms with Crippen LogP contribution in [0.5, 0.6) is 0 Å². The molecule has 0 aliphatic carbocycles. The van der Waals surface area contributed by atoms with Crippen LogP contribution in [0.15, 0.2) is 25.4 Å². The van der Waals surface area contributed by atoms with Crippen LogP contribution < -0.4 is 0 Å². The van der Waals surface area contributed by atoms with Crippen LogP contribution in [-0.2, 0) is 0 Å². The Morgan fingerprint density at radius 2 is 1.62 bits per heavy atom. The van der Waals surface area contributed by atoms with Gasteiger partial charge in [-0.1, -0.05) is 12.7 Å². The summed E-state index contributed by atoms with van der Waals surface area (Å²) in [7, 11) is 1.27. The van der Waals surface area contributed by atoms with Gasteiger partial charge in [-0.25, -0.2) is 5.12 Å². The minimum atomic E-state index is 0.389. The van der Waals surface area contributed by atoms with Crippen molar-refractivity contribution in [2.24, 2.45) is 0 Å². The largest absolute Gasteiger partial charge is 0.223 e. The molecule has 0 aromatic carbocycles. The number of allylic oxidation sites excluding steroid dienone is 1. The second-order valence-electron chi connectivity index (χ2n) is 1.12. The van der Waals surface area contributed by atoms with Crippen molar-refractivity contribution < 1.29 is 4.48 Å². The molecule has 48 valence electrons. The van der Waals surface area contributed by atoms with Gasteiger partial charge < -0.3 is 0 Å². The smallest absolute Gasteiger partial charge is 0.0387 e. The minimum absolute atomic E-state index is 0.389. The highest BCUT2D eigenvalue weighted by Gasteiger charge is 1.68. The zero-order valence-electron chi connectivity index (χ0n) is 5.39. The SMILES string of the molecule is C=CC.C=CN(C)F. The van der Waals surface area contributed by atoms with Gasteiger partial charge in [-0.3, -0.25) is 0 Å². The van der Waals surface area contributed by atoms with Crippen molar-refractivity contribution in [3.05, 3.63) is 25.4 Å². The third-order valence-electron chi connectivity index (χ3n) is 0.252. The fraction of sp³-hybridized carbons (Fsp3) is 0.333. The standard InChI is InChI=1S/C3H6FN.C3H6/c1-3-5(2)4;1-3-2/h3H,1H2,2H3;3H,1H2,2H3. The van der Waals surface area contributed by atoms with Gasteiger partial charge in [-0.2, -0.15) is 0 Å². The second kappa shape index (κ2) is 9.51. The fourth-order valence-electron chi connectivity index (χ4n) is 0. The van der Waals surface area contributed by atoms with E-state index < -0.39 is 0 Å². The molecule has 8 heavy (non-hydrogen) atoms. The van der Waals surface area contributed by atoms with E-state index in [9.17, 15) is 4.48 Å². The Morgan fingerprint density at radius 3 is 1.62 bits per heavy atom. The average molecular weight is 117 g/mol. The number of hydrogen-bond acceptors (Lipinski definition) is 1. The maximum atomic E-state index is 11.1. The van der Waals surface area contributed by atoms with Gasteiger partial charge >= 0.3 is 0 Å². The van der Waals surface area contributed by atoms with E-state index >= 15 is 0 Å². The van der Waals surface area contributed by atoms with Crippen molar-refractivity contribution in [1.29, 1.82) is 0 Å². The summed E-state index contributed by atoms with van der Waals surface area (Å²) >= 11 is 0. The molecule has 1 nitrogen and oxygen atoms in total. The molecule has 0 saturated heterocycles. The van der Waals surface area contributed by atoms with Crippen molar-refractivity contribution in [2.45, 2.75) is 6.92 Å². The van der Waals surface area contributed by atoms with Gasteiger partial charge in [-0.15, -0.1) is 11.1 Å². The maximum absolute atomic E-state index is 11.1. The van der Waals surface area contributed by atoms with E-state index in [4.69, 9.17) is 0 Å². The molecule has 0 N–H and O–H groups in total. The van der Waals surface area contributed by atoms with Gasteiger partial charge in [0, 0.05) is 13.2 Å². The highest BCUT2D eigenvalue weighted by Crippen LogP contribution is 1.74. The lowest BCUT2D eigenvalue weighted by molar-refractivity contribution is 0.129. The highest BCUT2D eigenvalue weighted by atomic mass is 19.2. The summed E-state index contributed by atoms with van der Waals surface area (Å²) in [6, 6.07) is 0. The lowest BCUT2D eigenvalue weighted by Crippen LogP contribution is -1.89. The van der Waals surface area contributed by atoms with Crippen LogP contribution in [0.2, 0.25) is 0 Å². The van der Waals surface area contributed by atoms with E-state index in [1.54, 1.807) is 6.08 Å². The first-order chi connectivity index (χ1) is 3.68. The topological polar surface area (TPSA) is 3.24 Å². The zero-order chi connectivity index (χ0) is 6.99. The van der Waals surface area contributed by atoms with Crippen molar-refractivity contribution in [3.8, 4) is 0 Å². The number of rotatable bonds is 1. The van der Waals surface area contributed by atoms with Gasteiger partial charge in [0.1, 0.15) is 0 Å². The molecule has 0 aromatic heterocycles. The Bertz CT molecular complexity index is 59.5. The lowest BCUT2D eigenvalue weighted by Gasteiger charge is -1.90. The first-order valence-corrected chi connectivity index (χ1v) is 2.27. The summed E-state index contributed by atoms with van der Waals surface area (Å²) in [5.41, 5.74) is 0. The summed E-state index contributed by atoms with van der Waals surface area (Å²) in [5.74, 6) is 0. The van der Waals surface area contributed by atoms with Gasteiger partial charge in [0.2, 0.25) is 0 Å². The predicted molar refractivity (Wildman–Crippen MR) is 34.9 cm³/mol. The molecule has 0 heterocycles. The van der Waals surface area contributed by atoms with Crippen LogP contribution in [0, 0.1) is 0 Å². The first kappa shape index (κ1) is 10.2. The Hall–Kier alpha value is -0.790. The molecule has 0 spiro atoms. The zero-order valence-corrected chi connectivity index (χ0v) is 5.39. The monoisotopic (exact) mass is 117 g/mol. The van der Waals surface area contributed by atoms with Crippen LogP contribution in [0.1, 0.15) is 6.92 Å². The Kier molecular flexibility index (Phi) is 12.2. The summed E-state index contributed by atoms with van der Waals surface area (Å²) in [6.07, 6.45) is 2.83. The Balaban J connectivity index is 0. The minimum Gasteiger partial charge on any atom is -0.223 e. The van der Waals surface area contributed by atoms with Crippen LogP contribution in [-0.4, -0.2) is 12.2 Å². The summed E-state index contributed by atoms with van der Waals surface area (Å²) in [4.78, 5) is 0. The summed E-state index contributed by atoms with van der Waals surface area (Å²) < 4.78 is 11.1. The van der Waals surface area contributed by atoms with Crippen molar-refractivity contribution in [1.82, 2.24) is 5.12 Å². The normalized spacial score (nSPS) is 5.88. The van der Waals surface area contributed by atoms with Crippen LogP contribution in [0.3, 0.4) is 0 Å². The first-order valence-electron chi connectivity index (χ1n) is 2.27. The van der Waals surface area contributed by atoms with Gasteiger partial charge in [0.25, 0.3) is 0 Å². The van der Waals surface area contributed by atoms with E-state index in [1.165, 1.54) is 7.05 Å². The number of nitrogens with zero attached hydrogens (tertiary/aromatic N) is 1. The molecule has 0 saturated carbocycles. The van der Waals surface area contributed by atoms with E-state index in [-0.39, 0.29) is 0 Å². The summed E-state index contributed by atoms with van der Waals surface area (Å²) in [5, 5.41) is 0.389.